The van der Waals surface area contributed by atoms with Gasteiger partial charge < -0.3 is 14.9 Å². The number of aryl methyl sites for hydroxylation is 1. The highest BCUT2D eigenvalue weighted by atomic mass is 16.5. The molecule has 4 rings (SSSR count). The molecule has 2 N–H and O–H groups in total. The Bertz CT molecular complexity index is 1030. The van der Waals surface area contributed by atoms with Crippen molar-refractivity contribution in [1.82, 2.24) is 9.88 Å². The van der Waals surface area contributed by atoms with Gasteiger partial charge in [0.2, 0.25) is 0 Å². The molecule has 3 aromatic rings. The lowest BCUT2D eigenvalue weighted by atomic mass is 9.98. The number of nitrogen functional groups attached to an aromatic ring is 1. The molecular formula is C22H22N4O2. The molecule has 3 heterocycles. The predicted molar refractivity (Wildman–Crippen MR) is 107 cm³/mol. The largest absolute Gasteiger partial charge is 0.460 e. The second-order valence-corrected chi connectivity index (χ2v) is 6.93. The van der Waals surface area contributed by atoms with E-state index >= 15 is 0 Å². The molecule has 0 atom stereocenters. The van der Waals surface area contributed by atoms with E-state index in [1.165, 1.54) is 5.56 Å². The molecule has 28 heavy (non-hydrogen) atoms. The quantitative estimate of drug-likeness (QED) is 0.751. The van der Waals surface area contributed by atoms with Crippen molar-refractivity contribution in [3.8, 4) is 28.7 Å². The van der Waals surface area contributed by atoms with Crippen molar-refractivity contribution in [2.45, 2.75) is 13.5 Å². The number of furan rings is 1. The van der Waals surface area contributed by atoms with Gasteiger partial charge in [0, 0.05) is 25.2 Å². The molecular weight excluding hydrogens is 352 g/mol. The molecule has 0 radical (unpaired) electrons. The normalized spacial score (nSPS) is 14.7. The first kappa shape index (κ1) is 18.2. The number of hydrogen-bond donors (Lipinski definition) is 1. The maximum absolute atomic E-state index is 9.64. The van der Waals surface area contributed by atoms with E-state index in [4.69, 9.17) is 14.9 Å². The Morgan fingerprint density at radius 2 is 2.00 bits per heavy atom. The lowest BCUT2D eigenvalue weighted by Crippen LogP contribution is -2.35. The second kappa shape index (κ2) is 7.85. The summed E-state index contributed by atoms with van der Waals surface area (Å²) < 4.78 is 11.1. The third-order valence-corrected chi connectivity index (χ3v) is 4.90. The van der Waals surface area contributed by atoms with Gasteiger partial charge in [0.15, 0.2) is 5.76 Å². The van der Waals surface area contributed by atoms with Crippen molar-refractivity contribution < 1.29 is 9.15 Å². The minimum atomic E-state index is 0.211. The van der Waals surface area contributed by atoms with Gasteiger partial charge in [0.05, 0.1) is 13.2 Å². The zero-order chi connectivity index (χ0) is 19.5. The molecule has 2 aromatic heterocycles. The topological polar surface area (TPSA) is 88.3 Å². The molecule has 0 bridgehead atoms. The van der Waals surface area contributed by atoms with E-state index in [0.29, 0.717) is 17.0 Å². The fourth-order valence-corrected chi connectivity index (χ4v) is 3.46. The minimum Gasteiger partial charge on any atom is -0.460 e. The highest BCUT2D eigenvalue weighted by Crippen LogP contribution is 2.32. The van der Waals surface area contributed by atoms with Gasteiger partial charge in [0.1, 0.15) is 28.9 Å². The van der Waals surface area contributed by atoms with E-state index < -0.39 is 0 Å². The lowest BCUT2D eigenvalue weighted by Gasteiger charge is -2.26. The number of pyridine rings is 1. The third-order valence-electron chi connectivity index (χ3n) is 4.90. The van der Waals surface area contributed by atoms with Crippen molar-refractivity contribution in [2.24, 2.45) is 0 Å². The number of nitrogens with two attached hydrogens (primary N) is 1. The van der Waals surface area contributed by atoms with E-state index in [-0.39, 0.29) is 5.82 Å². The highest BCUT2D eigenvalue weighted by Gasteiger charge is 2.16. The molecule has 0 unspecified atom stereocenters. The third kappa shape index (κ3) is 3.77. The van der Waals surface area contributed by atoms with Gasteiger partial charge in [-0.2, -0.15) is 5.26 Å². The van der Waals surface area contributed by atoms with Crippen LogP contribution in [0.5, 0.6) is 0 Å². The number of nitrogens with zero attached hydrogens (tertiary/aromatic N) is 3. The summed E-state index contributed by atoms with van der Waals surface area (Å²) >= 11 is 0. The van der Waals surface area contributed by atoms with Crippen molar-refractivity contribution in [1.29, 1.82) is 5.26 Å². The van der Waals surface area contributed by atoms with Gasteiger partial charge in [-0.05, 0) is 42.3 Å². The molecule has 6 nitrogen and oxygen atoms in total. The Labute approximate surface area is 164 Å². The number of anilines is 1. The first-order valence-corrected chi connectivity index (χ1v) is 9.31. The Balaban J connectivity index is 1.72. The fraction of sp³-hybridized carbons (Fsp3) is 0.273. The standard InChI is InChI=1S/C22H22N4O2/c1-15-5-6-21(28-15)20-12-18(19(13-23)22(24)25-20)17-4-2-3-16(11-17)14-26-7-9-27-10-8-26/h2-6,11-12H,7-10,14H2,1H3,(H2,24,25). The van der Waals surface area contributed by atoms with E-state index in [0.717, 1.165) is 49.7 Å². The molecule has 1 aliphatic rings. The number of benzene rings is 1. The maximum atomic E-state index is 9.64. The van der Waals surface area contributed by atoms with Crippen molar-refractivity contribution in [3.05, 3.63) is 59.4 Å². The molecule has 0 spiro atoms. The molecule has 0 amide bonds. The summed E-state index contributed by atoms with van der Waals surface area (Å²) in [6.07, 6.45) is 0. The van der Waals surface area contributed by atoms with Gasteiger partial charge in [-0.15, -0.1) is 0 Å². The zero-order valence-electron chi connectivity index (χ0n) is 15.8. The summed E-state index contributed by atoms with van der Waals surface area (Å²) in [5.41, 5.74) is 10.0. The Hall–Kier alpha value is -3.14. The minimum absolute atomic E-state index is 0.211. The molecule has 0 aliphatic carbocycles. The Morgan fingerprint density at radius 1 is 1.18 bits per heavy atom. The van der Waals surface area contributed by atoms with E-state index in [1.54, 1.807) is 0 Å². The van der Waals surface area contributed by atoms with Crippen LogP contribution in [0.2, 0.25) is 0 Å². The van der Waals surface area contributed by atoms with Crippen LogP contribution in [0, 0.1) is 18.3 Å². The number of ether oxygens (including phenoxy) is 1. The lowest BCUT2D eigenvalue weighted by molar-refractivity contribution is 0.0342. The van der Waals surface area contributed by atoms with Gasteiger partial charge >= 0.3 is 0 Å². The summed E-state index contributed by atoms with van der Waals surface area (Å²) in [7, 11) is 0. The SMILES string of the molecule is Cc1ccc(-c2cc(-c3cccc(CN4CCOCC4)c3)c(C#N)c(N)n2)o1. The first-order chi connectivity index (χ1) is 13.6. The average molecular weight is 374 g/mol. The average Bonchev–Trinajstić information content (AvgIpc) is 3.15. The Kier molecular flexibility index (Phi) is 5.11. The summed E-state index contributed by atoms with van der Waals surface area (Å²) in [5.74, 6) is 1.65. The van der Waals surface area contributed by atoms with Crippen molar-refractivity contribution in [3.63, 3.8) is 0 Å². The van der Waals surface area contributed by atoms with Gasteiger partial charge in [-0.3, -0.25) is 4.90 Å². The summed E-state index contributed by atoms with van der Waals surface area (Å²) in [5, 5.41) is 9.64. The number of rotatable bonds is 4. The van der Waals surface area contributed by atoms with Crippen LogP contribution in [0.25, 0.3) is 22.6 Å². The van der Waals surface area contributed by atoms with Crippen LogP contribution in [0.4, 0.5) is 5.82 Å². The molecule has 1 fully saturated rings. The number of morpholine rings is 1. The fourth-order valence-electron chi connectivity index (χ4n) is 3.46. The van der Waals surface area contributed by atoms with E-state index in [9.17, 15) is 5.26 Å². The number of nitriles is 1. The number of aromatic nitrogens is 1. The Morgan fingerprint density at radius 3 is 2.71 bits per heavy atom. The number of hydrogen-bond acceptors (Lipinski definition) is 6. The summed E-state index contributed by atoms with van der Waals surface area (Å²) in [6.45, 7) is 6.13. The molecule has 142 valence electrons. The monoisotopic (exact) mass is 374 g/mol. The van der Waals surface area contributed by atoms with Gasteiger partial charge in [-0.25, -0.2) is 4.98 Å². The van der Waals surface area contributed by atoms with E-state index in [2.05, 4.69) is 28.1 Å². The predicted octanol–water partition coefficient (Wildman–Crippen LogP) is 3.60. The van der Waals surface area contributed by atoms with Crippen LogP contribution in [0.15, 0.2) is 46.9 Å². The van der Waals surface area contributed by atoms with Crippen molar-refractivity contribution in [2.75, 3.05) is 32.0 Å². The molecule has 0 saturated carbocycles. The second-order valence-electron chi connectivity index (χ2n) is 6.93. The smallest absolute Gasteiger partial charge is 0.152 e. The van der Waals surface area contributed by atoms with Crippen LogP contribution in [0.3, 0.4) is 0 Å². The molecule has 6 heteroatoms. The highest BCUT2D eigenvalue weighted by molar-refractivity contribution is 5.79. The van der Waals surface area contributed by atoms with Gasteiger partial charge in [0.25, 0.3) is 0 Å². The van der Waals surface area contributed by atoms with Crippen LogP contribution in [-0.4, -0.2) is 36.2 Å². The summed E-state index contributed by atoms with van der Waals surface area (Å²) in [4.78, 5) is 6.74. The van der Waals surface area contributed by atoms with Crippen LogP contribution in [-0.2, 0) is 11.3 Å². The molecule has 1 saturated heterocycles. The maximum Gasteiger partial charge on any atom is 0.152 e. The van der Waals surface area contributed by atoms with Crippen LogP contribution in [0.1, 0.15) is 16.9 Å². The van der Waals surface area contributed by atoms with Crippen LogP contribution < -0.4 is 5.73 Å². The summed E-state index contributed by atoms with van der Waals surface area (Å²) in [6, 6.07) is 16.0. The molecule has 1 aliphatic heterocycles. The van der Waals surface area contributed by atoms with E-state index in [1.807, 2.05) is 37.3 Å². The van der Waals surface area contributed by atoms with Crippen molar-refractivity contribution >= 4 is 5.82 Å². The molecule has 1 aromatic carbocycles. The van der Waals surface area contributed by atoms with Crippen LogP contribution >= 0.6 is 0 Å². The first-order valence-electron chi connectivity index (χ1n) is 9.31. The van der Waals surface area contributed by atoms with Gasteiger partial charge in [-0.1, -0.05) is 18.2 Å². The zero-order valence-corrected chi connectivity index (χ0v) is 15.8.